The first-order valence-electron chi connectivity index (χ1n) is 7.48. The largest absolute Gasteiger partial charge is 0.496 e. The van der Waals surface area contributed by atoms with Crippen LogP contribution in [0.15, 0.2) is 36.7 Å². The van der Waals surface area contributed by atoms with Crippen molar-refractivity contribution in [1.29, 1.82) is 0 Å². The van der Waals surface area contributed by atoms with Crippen LogP contribution in [0.4, 0.5) is 5.69 Å². The summed E-state index contributed by atoms with van der Waals surface area (Å²) in [6, 6.07) is 7.33. The predicted octanol–water partition coefficient (Wildman–Crippen LogP) is 2.03. The SMILES string of the molecule is CCNC(=O)c1nnc2c(-c3cnccc3OC)cccc2c1N. The number of carbonyl (C=O) groups excluding carboxylic acids is 1. The minimum atomic E-state index is -0.339. The number of anilines is 1. The van der Waals surface area contributed by atoms with Crippen LogP contribution in [-0.2, 0) is 0 Å². The van der Waals surface area contributed by atoms with Gasteiger partial charge >= 0.3 is 0 Å². The summed E-state index contributed by atoms with van der Waals surface area (Å²) < 4.78 is 5.39. The molecule has 0 aliphatic rings. The molecule has 7 heteroatoms. The number of benzene rings is 1. The Bertz CT molecular complexity index is 911. The van der Waals surface area contributed by atoms with Gasteiger partial charge in [0.05, 0.1) is 12.8 Å². The number of carbonyl (C=O) groups is 1. The maximum absolute atomic E-state index is 12.0. The second-order valence-corrected chi connectivity index (χ2v) is 5.10. The molecule has 3 aromatic rings. The molecule has 0 atom stereocenters. The van der Waals surface area contributed by atoms with Crippen LogP contribution >= 0.6 is 0 Å². The molecule has 0 radical (unpaired) electrons. The fraction of sp³-hybridized carbons (Fsp3) is 0.176. The van der Waals surface area contributed by atoms with Crippen molar-refractivity contribution in [3.63, 3.8) is 0 Å². The lowest BCUT2D eigenvalue weighted by atomic mass is 10.0. The summed E-state index contributed by atoms with van der Waals surface area (Å²) in [6.45, 7) is 2.32. The van der Waals surface area contributed by atoms with E-state index in [-0.39, 0.29) is 11.6 Å². The van der Waals surface area contributed by atoms with Gasteiger partial charge in [-0.25, -0.2) is 0 Å². The van der Waals surface area contributed by atoms with Crippen molar-refractivity contribution < 1.29 is 9.53 Å². The molecule has 0 unspecified atom stereocenters. The highest BCUT2D eigenvalue weighted by Crippen LogP contribution is 2.35. The number of aromatic nitrogens is 3. The van der Waals surface area contributed by atoms with Gasteiger partial charge in [-0.3, -0.25) is 9.78 Å². The van der Waals surface area contributed by atoms with E-state index in [0.717, 1.165) is 11.1 Å². The molecule has 7 nitrogen and oxygen atoms in total. The lowest BCUT2D eigenvalue weighted by molar-refractivity contribution is 0.0951. The number of hydrogen-bond donors (Lipinski definition) is 2. The van der Waals surface area contributed by atoms with Gasteiger partial charge in [-0.15, -0.1) is 10.2 Å². The number of nitrogens with one attached hydrogen (secondary N) is 1. The molecule has 0 aliphatic carbocycles. The highest BCUT2D eigenvalue weighted by atomic mass is 16.5. The first-order chi connectivity index (χ1) is 11.7. The van der Waals surface area contributed by atoms with Crippen molar-refractivity contribution in [2.45, 2.75) is 6.92 Å². The third-order valence-corrected chi connectivity index (χ3v) is 3.67. The van der Waals surface area contributed by atoms with Gasteiger partial charge in [0.25, 0.3) is 5.91 Å². The lowest BCUT2D eigenvalue weighted by Gasteiger charge is -2.12. The Balaban J connectivity index is 2.22. The summed E-state index contributed by atoms with van der Waals surface area (Å²) >= 11 is 0. The average molecular weight is 323 g/mol. The smallest absolute Gasteiger partial charge is 0.273 e. The second-order valence-electron chi connectivity index (χ2n) is 5.10. The van der Waals surface area contributed by atoms with Crippen molar-refractivity contribution in [3.05, 3.63) is 42.4 Å². The van der Waals surface area contributed by atoms with Crippen LogP contribution in [-0.4, -0.2) is 34.7 Å². The molecule has 3 rings (SSSR count). The zero-order chi connectivity index (χ0) is 17.1. The van der Waals surface area contributed by atoms with E-state index in [1.165, 1.54) is 0 Å². The van der Waals surface area contributed by atoms with Gasteiger partial charge in [-0.1, -0.05) is 18.2 Å². The molecule has 3 N–H and O–H groups in total. The summed E-state index contributed by atoms with van der Waals surface area (Å²) in [7, 11) is 1.59. The summed E-state index contributed by atoms with van der Waals surface area (Å²) in [6.07, 6.45) is 3.35. The van der Waals surface area contributed by atoms with Gasteiger partial charge in [-0.05, 0) is 13.0 Å². The Kier molecular flexibility index (Phi) is 4.24. The van der Waals surface area contributed by atoms with E-state index in [1.807, 2.05) is 25.1 Å². The molecular weight excluding hydrogens is 306 g/mol. The molecule has 2 heterocycles. The maximum atomic E-state index is 12.0. The molecule has 0 spiro atoms. The highest BCUT2D eigenvalue weighted by Gasteiger charge is 2.18. The molecule has 0 saturated heterocycles. The molecule has 0 fully saturated rings. The number of amides is 1. The fourth-order valence-corrected chi connectivity index (χ4v) is 2.54. The lowest BCUT2D eigenvalue weighted by Crippen LogP contribution is -2.25. The monoisotopic (exact) mass is 323 g/mol. The van der Waals surface area contributed by atoms with Crippen molar-refractivity contribution in [2.75, 3.05) is 19.4 Å². The van der Waals surface area contributed by atoms with Gasteiger partial charge in [0, 0.05) is 35.5 Å². The summed E-state index contributed by atoms with van der Waals surface area (Å²) in [5.74, 6) is 0.333. The Hall–Kier alpha value is -3.22. The van der Waals surface area contributed by atoms with E-state index in [1.54, 1.807) is 25.6 Å². The maximum Gasteiger partial charge on any atom is 0.273 e. The van der Waals surface area contributed by atoms with Crippen LogP contribution in [0.5, 0.6) is 5.75 Å². The van der Waals surface area contributed by atoms with E-state index in [4.69, 9.17) is 10.5 Å². The van der Waals surface area contributed by atoms with Gasteiger partial charge < -0.3 is 15.8 Å². The summed E-state index contributed by atoms with van der Waals surface area (Å²) in [4.78, 5) is 16.2. The van der Waals surface area contributed by atoms with Crippen LogP contribution in [0.3, 0.4) is 0 Å². The van der Waals surface area contributed by atoms with Gasteiger partial charge in [0.1, 0.15) is 11.3 Å². The Morgan fingerprint density at radius 2 is 2.08 bits per heavy atom. The first-order valence-corrected chi connectivity index (χ1v) is 7.48. The van der Waals surface area contributed by atoms with Crippen LogP contribution in [0.2, 0.25) is 0 Å². The van der Waals surface area contributed by atoms with Gasteiger partial charge in [0.15, 0.2) is 5.69 Å². The minimum absolute atomic E-state index is 0.125. The van der Waals surface area contributed by atoms with Crippen molar-refractivity contribution in [2.24, 2.45) is 0 Å². The molecule has 0 aliphatic heterocycles. The van der Waals surface area contributed by atoms with Crippen molar-refractivity contribution in [1.82, 2.24) is 20.5 Å². The van der Waals surface area contributed by atoms with E-state index in [2.05, 4.69) is 20.5 Å². The van der Waals surface area contributed by atoms with E-state index in [0.29, 0.717) is 28.9 Å². The number of hydrogen-bond acceptors (Lipinski definition) is 6. The third kappa shape index (κ3) is 2.60. The minimum Gasteiger partial charge on any atom is -0.496 e. The molecule has 24 heavy (non-hydrogen) atoms. The van der Waals surface area contributed by atoms with Crippen LogP contribution in [0.1, 0.15) is 17.4 Å². The second kappa shape index (κ2) is 6.49. The summed E-state index contributed by atoms with van der Waals surface area (Å²) in [5, 5.41) is 11.6. The van der Waals surface area contributed by atoms with Gasteiger partial charge in [-0.2, -0.15) is 0 Å². The number of rotatable bonds is 4. The van der Waals surface area contributed by atoms with Crippen molar-refractivity contribution >= 4 is 22.5 Å². The quantitative estimate of drug-likeness (QED) is 0.761. The number of fused-ring (bicyclic) bond motifs is 1. The standard InChI is InChI=1S/C17H17N5O2/c1-3-20-17(23)16-14(18)11-6-4-5-10(15(11)21-22-16)12-9-19-8-7-13(12)24-2/h4-9H,3H2,1-2H3,(H2,18,21)(H,20,23). The molecule has 1 amide bonds. The van der Waals surface area contributed by atoms with Crippen LogP contribution < -0.4 is 15.8 Å². The van der Waals surface area contributed by atoms with Gasteiger partial charge in [0.2, 0.25) is 0 Å². The molecule has 1 aromatic carbocycles. The molecule has 0 bridgehead atoms. The van der Waals surface area contributed by atoms with E-state index < -0.39 is 0 Å². The molecule has 0 saturated carbocycles. The molecule has 122 valence electrons. The zero-order valence-corrected chi connectivity index (χ0v) is 13.4. The number of nitrogens with zero attached hydrogens (tertiary/aromatic N) is 3. The molecule has 2 aromatic heterocycles. The summed E-state index contributed by atoms with van der Waals surface area (Å²) in [5.41, 5.74) is 8.75. The number of nitrogen functional groups attached to an aromatic ring is 1. The first kappa shape index (κ1) is 15.7. The zero-order valence-electron chi connectivity index (χ0n) is 13.4. The average Bonchev–Trinajstić information content (AvgIpc) is 2.62. The van der Waals surface area contributed by atoms with Crippen LogP contribution in [0.25, 0.3) is 22.0 Å². The van der Waals surface area contributed by atoms with Crippen LogP contribution in [0, 0.1) is 0 Å². The normalized spacial score (nSPS) is 10.6. The Morgan fingerprint density at radius 1 is 1.25 bits per heavy atom. The number of pyridine rings is 1. The third-order valence-electron chi connectivity index (χ3n) is 3.67. The number of methoxy groups -OCH3 is 1. The van der Waals surface area contributed by atoms with E-state index >= 15 is 0 Å². The number of ether oxygens (including phenoxy) is 1. The highest BCUT2D eigenvalue weighted by molar-refractivity contribution is 6.07. The Morgan fingerprint density at radius 3 is 2.83 bits per heavy atom. The number of nitrogens with two attached hydrogens (primary N) is 1. The Labute approximate surface area is 138 Å². The fourth-order valence-electron chi connectivity index (χ4n) is 2.54. The van der Waals surface area contributed by atoms with Crippen molar-refractivity contribution in [3.8, 4) is 16.9 Å². The van der Waals surface area contributed by atoms with E-state index in [9.17, 15) is 4.79 Å². The molecular formula is C17H17N5O2. The predicted molar refractivity (Wildman–Crippen MR) is 91.7 cm³/mol. The topological polar surface area (TPSA) is 103 Å².